The summed E-state index contributed by atoms with van der Waals surface area (Å²) in [6, 6.07) is 0. The number of rotatable bonds is 0. The van der Waals surface area contributed by atoms with Gasteiger partial charge in [0.1, 0.15) is 0 Å². The Labute approximate surface area is 59.2 Å². The first kappa shape index (κ1) is 15.7. The minimum Gasteiger partial charge on any atom is 0 e. The third kappa shape index (κ3) is 192. The molecule has 0 atom stereocenters. The monoisotopic (exact) mass is 356 g/mol. The molecule has 0 aliphatic heterocycles. The average Bonchev–Trinajstić information content (AvgIpc) is 0.722. The molecule has 1 radical (unpaired) electrons. The standard InChI is InChI=1S/AsH3O4.Au.H3N/c2-1(3,4)5;;/h(H3,2,3,4,5);;1H3. The molecule has 7 heteroatoms. The van der Waals surface area contributed by atoms with Crippen molar-refractivity contribution >= 4 is 14.5 Å². The van der Waals surface area contributed by atoms with Crippen molar-refractivity contribution < 1.29 is 38.4 Å². The molecule has 51 valence electrons. The van der Waals surface area contributed by atoms with Crippen molar-refractivity contribution in [2.24, 2.45) is 0 Å². The van der Waals surface area contributed by atoms with Gasteiger partial charge in [0.15, 0.2) is 0 Å². The minimum absolute atomic E-state index is 0. The second kappa shape index (κ2) is 5.08. The molecule has 0 heterocycles. The van der Waals surface area contributed by atoms with Crippen LogP contribution in [0.25, 0.3) is 0 Å². The van der Waals surface area contributed by atoms with E-state index in [4.69, 9.17) is 16.0 Å². The van der Waals surface area contributed by atoms with Crippen LogP contribution >= 0.6 is 0 Å². The summed E-state index contributed by atoms with van der Waals surface area (Å²) in [5.41, 5.74) is 0. The average molecular weight is 356 g/mol. The van der Waals surface area contributed by atoms with Gasteiger partial charge in [0.05, 0.1) is 0 Å². The van der Waals surface area contributed by atoms with Crippen molar-refractivity contribution in [3.8, 4) is 0 Å². The molecule has 6 N–H and O–H groups in total. The molecule has 0 bridgehead atoms. The van der Waals surface area contributed by atoms with Crippen LogP contribution in [0.15, 0.2) is 0 Å². The molecule has 5 nitrogen and oxygen atoms in total. The Bertz CT molecular complexity index is 57.8. The molecular formula is H6AsAuNO4. The quantitative estimate of drug-likeness (QED) is 0.375. The Morgan fingerprint density at radius 1 is 1.14 bits per heavy atom. The van der Waals surface area contributed by atoms with E-state index in [1.807, 2.05) is 0 Å². The Morgan fingerprint density at radius 2 is 1.14 bits per heavy atom. The first-order valence-corrected chi connectivity index (χ1v) is 4.07. The SMILES string of the molecule is N.O=[As](O)(O)O.[Au]. The van der Waals surface area contributed by atoms with E-state index in [0.29, 0.717) is 0 Å². The van der Waals surface area contributed by atoms with Crippen LogP contribution in [0.3, 0.4) is 0 Å². The fourth-order valence-corrected chi connectivity index (χ4v) is 0. The van der Waals surface area contributed by atoms with Gasteiger partial charge in [-0.05, 0) is 0 Å². The van der Waals surface area contributed by atoms with Crippen LogP contribution in [0.5, 0.6) is 0 Å². The minimum atomic E-state index is -5.12. The number of hydrogen-bond donors (Lipinski definition) is 4. The van der Waals surface area contributed by atoms with E-state index in [2.05, 4.69) is 0 Å². The molecule has 7 heavy (non-hydrogen) atoms. The molecule has 0 unspecified atom stereocenters. The molecule has 0 spiro atoms. The summed E-state index contributed by atoms with van der Waals surface area (Å²) in [6.07, 6.45) is 0. The zero-order valence-electron chi connectivity index (χ0n) is 3.21. The first-order valence-electron chi connectivity index (χ1n) is 0.783. The zero-order valence-corrected chi connectivity index (χ0v) is 7.25. The van der Waals surface area contributed by atoms with Gasteiger partial charge in [0, 0.05) is 22.4 Å². The molecular weight excluding hydrogens is 350 g/mol. The van der Waals surface area contributed by atoms with Gasteiger partial charge in [-0.2, -0.15) is 0 Å². The van der Waals surface area contributed by atoms with Crippen LogP contribution in [0.2, 0.25) is 0 Å². The fourth-order valence-electron chi connectivity index (χ4n) is 0. The predicted molar refractivity (Wildman–Crippen MR) is 18.1 cm³/mol. The Kier molecular flexibility index (Phi) is 11.4. The maximum Gasteiger partial charge on any atom is 0 e. The van der Waals surface area contributed by atoms with E-state index in [1.165, 1.54) is 0 Å². The molecule has 0 saturated carbocycles. The molecule has 0 rings (SSSR count). The van der Waals surface area contributed by atoms with Crippen LogP contribution in [-0.2, 0) is 26.1 Å². The van der Waals surface area contributed by atoms with Crippen LogP contribution in [0.4, 0.5) is 0 Å². The zero-order chi connectivity index (χ0) is 4.50. The fraction of sp³-hybridized carbons (Fsp3) is 0. The summed E-state index contributed by atoms with van der Waals surface area (Å²) in [5.74, 6) is 0. The molecule has 0 aromatic rings. The van der Waals surface area contributed by atoms with Crippen LogP contribution in [-0.4, -0.2) is 26.8 Å². The van der Waals surface area contributed by atoms with Crippen molar-refractivity contribution in [2.75, 3.05) is 0 Å². The molecule has 0 fully saturated rings. The summed E-state index contributed by atoms with van der Waals surface area (Å²) >= 11 is -5.12. The van der Waals surface area contributed by atoms with Crippen molar-refractivity contribution in [3.63, 3.8) is 0 Å². The Balaban J connectivity index is -0.0000000800. The maximum atomic E-state index is 8.94. The van der Waals surface area contributed by atoms with Crippen LogP contribution in [0, 0.1) is 0 Å². The Morgan fingerprint density at radius 3 is 1.14 bits per heavy atom. The van der Waals surface area contributed by atoms with Gasteiger partial charge in [0.25, 0.3) is 0 Å². The van der Waals surface area contributed by atoms with E-state index >= 15 is 0 Å². The van der Waals surface area contributed by atoms with E-state index in [0.717, 1.165) is 0 Å². The second-order valence-electron chi connectivity index (χ2n) is 0.513. The van der Waals surface area contributed by atoms with E-state index in [9.17, 15) is 0 Å². The van der Waals surface area contributed by atoms with E-state index in [1.54, 1.807) is 0 Å². The summed E-state index contributed by atoms with van der Waals surface area (Å²) in [5, 5.41) is 0. The third-order valence-corrected chi connectivity index (χ3v) is 0. The van der Waals surface area contributed by atoms with Crippen molar-refractivity contribution in [2.45, 2.75) is 0 Å². The Hall–Kier alpha value is 0.939. The van der Waals surface area contributed by atoms with E-state index < -0.39 is 14.5 Å². The third-order valence-electron chi connectivity index (χ3n) is 0. The van der Waals surface area contributed by atoms with Crippen LogP contribution < -0.4 is 6.15 Å². The maximum absolute atomic E-state index is 8.94. The normalized spacial score (nSPS) is 8.43. The molecule has 0 saturated heterocycles. The second-order valence-corrected chi connectivity index (χ2v) is 2.67. The van der Waals surface area contributed by atoms with Gasteiger partial charge in [-0.15, -0.1) is 0 Å². The largest absolute Gasteiger partial charge is 0 e. The first-order chi connectivity index (χ1) is 2.00. The smallest absolute Gasteiger partial charge is 0 e. The van der Waals surface area contributed by atoms with Gasteiger partial charge in [-0.25, -0.2) is 0 Å². The summed E-state index contributed by atoms with van der Waals surface area (Å²) in [6.45, 7) is 0. The summed E-state index contributed by atoms with van der Waals surface area (Å²) < 4.78 is 30.7. The molecule has 0 aromatic heterocycles. The van der Waals surface area contributed by atoms with Crippen LogP contribution in [0.1, 0.15) is 0 Å². The number of hydrogen-bond acceptors (Lipinski definition) is 2. The van der Waals surface area contributed by atoms with Gasteiger partial charge < -0.3 is 6.15 Å². The van der Waals surface area contributed by atoms with Crippen molar-refractivity contribution in [3.05, 3.63) is 0 Å². The topological polar surface area (TPSA) is 113 Å². The predicted octanol–water partition coefficient (Wildman–Crippen LogP) is -2.01. The van der Waals surface area contributed by atoms with Crippen molar-refractivity contribution in [1.82, 2.24) is 6.15 Å². The van der Waals surface area contributed by atoms with Gasteiger partial charge in [0.2, 0.25) is 0 Å². The molecule has 0 aliphatic rings. The summed E-state index contributed by atoms with van der Waals surface area (Å²) in [4.78, 5) is 0. The molecule has 0 aromatic carbocycles. The molecule has 0 amide bonds. The van der Waals surface area contributed by atoms with Crippen molar-refractivity contribution in [1.29, 1.82) is 0 Å². The van der Waals surface area contributed by atoms with Gasteiger partial charge in [-0.3, -0.25) is 0 Å². The van der Waals surface area contributed by atoms with Gasteiger partial charge in [-0.1, -0.05) is 0 Å². The molecule has 0 aliphatic carbocycles. The van der Waals surface area contributed by atoms with E-state index in [-0.39, 0.29) is 28.5 Å². The van der Waals surface area contributed by atoms with Gasteiger partial charge >= 0.3 is 30.5 Å². The summed E-state index contributed by atoms with van der Waals surface area (Å²) in [7, 11) is 0.